The van der Waals surface area contributed by atoms with Gasteiger partial charge in [0.15, 0.2) is 0 Å². The Morgan fingerprint density at radius 2 is 2.50 bits per heavy atom. The molecular formula is C10H15N3O. The van der Waals surface area contributed by atoms with Crippen LogP contribution in [0.1, 0.15) is 18.9 Å². The van der Waals surface area contributed by atoms with Crippen molar-refractivity contribution >= 4 is 5.91 Å². The Morgan fingerprint density at radius 1 is 1.71 bits per heavy atom. The van der Waals surface area contributed by atoms with Gasteiger partial charge in [-0.25, -0.2) is 0 Å². The first-order valence-electron chi connectivity index (χ1n) is 4.59. The highest BCUT2D eigenvalue weighted by atomic mass is 16.1. The highest BCUT2D eigenvalue weighted by Gasteiger charge is 2.03. The van der Waals surface area contributed by atoms with E-state index in [1.54, 1.807) is 12.4 Å². The Labute approximate surface area is 83.5 Å². The second-order valence-electron chi connectivity index (χ2n) is 3.32. The minimum Gasteiger partial charge on any atom is -0.352 e. The normalized spacial score (nSPS) is 12.1. The molecule has 0 aliphatic rings. The van der Waals surface area contributed by atoms with Crippen molar-refractivity contribution in [3.63, 3.8) is 0 Å². The van der Waals surface area contributed by atoms with E-state index >= 15 is 0 Å². The maximum absolute atomic E-state index is 11.2. The van der Waals surface area contributed by atoms with Gasteiger partial charge in [-0.1, -0.05) is 6.07 Å². The third kappa shape index (κ3) is 4.00. The summed E-state index contributed by atoms with van der Waals surface area (Å²) >= 11 is 0. The fourth-order valence-corrected chi connectivity index (χ4v) is 1.07. The van der Waals surface area contributed by atoms with Crippen LogP contribution in [0.3, 0.4) is 0 Å². The van der Waals surface area contributed by atoms with Crippen molar-refractivity contribution in [2.45, 2.75) is 25.9 Å². The summed E-state index contributed by atoms with van der Waals surface area (Å²) in [6.07, 6.45) is 3.79. The van der Waals surface area contributed by atoms with Gasteiger partial charge in [-0.3, -0.25) is 9.78 Å². The monoisotopic (exact) mass is 193 g/mol. The number of aromatic nitrogens is 1. The summed E-state index contributed by atoms with van der Waals surface area (Å²) in [5.41, 5.74) is 6.48. The summed E-state index contributed by atoms with van der Waals surface area (Å²) in [5.74, 6) is -0.0242. The second-order valence-corrected chi connectivity index (χ2v) is 3.32. The fraction of sp³-hybridized carbons (Fsp3) is 0.400. The van der Waals surface area contributed by atoms with Crippen molar-refractivity contribution in [2.75, 3.05) is 0 Å². The number of amides is 1. The van der Waals surface area contributed by atoms with E-state index < -0.39 is 0 Å². The second kappa shape index (κ2) is 5.34. The summed E-state index contributed by atoms with van der Waals surface area (Å²) in [7, 11) is 0. The van der Waals surface area contributed by atoms with Gasteiger partial charge in [0.05, 0.1) is 0 Å². The molecule has 1 amide bonds. The van der Waals surface area contributed by atoms with Crippen molar-refractivity contribution in [3.05, 3.63) is 30.1 Å². The van der Waals surface area contributed by atoms with Crippen LogP contribution >= 0.6 is 0 Å². The molecule has 1 aromatic rings. The number of carbonyl (C=O) groups excluding carboxylic acids is 1. The van der Waals surface area contributed by atoms with Crippen LogP contribution in [-0.2, 0) is 11.3 Å². The number of nitrogens with two attached hydrogens (primary N) is 1. The van der Waals surface area contributed by atoms with Crippen LogP contribution in [-0.4, -0.2) is 16.9 Å². The molecular weight excluding hydrogens is 178 g/mol. The van der Waals surface area contributed by atoms with Gasteiger partial charge >= 0.3 is 0 Å². The average Bonchev–Trinajstić information content (AvgIpc) is 2.15. The summed E-state index contributed by atoms with van der Waals surface area (Å²) < 4.78 is 0. The van der Waals surface area contributed by atoms with Crippen molar-refractivity contribution in [1.29, 1.82) is 0 Å². The summed E-state index contributed by atoms with van der Waals surface area (Å²) in [5, 5.41) is 2.77. The molecule has 14 heavy (non-hydrogen) atoms. The van der Waals surface area contributed by atoms with Crippen molar-refractivity contribution in [3.8, 4) is 0 Å². The maximum Gasteiger partial charge on any atom is 0.221 e. The molecule has 1 heterocycles. The predicted molar refractivity (Wildman–Crippen MR) is 54.4 cm³/mol. The molecule has 0 saturated heterocycles. The van der Waals surface area contributed by atoms with Crippen LogP contribution in [0.5, 0.6) is 0 Å². The van der Waals surface area contributed by atoms with Crippen molar-refractivity contribution in [1.82, 2.24) is 10.3 Å². The average molecular weight is 193 g/mol. The molecule has 0 fully saturated rings. The molecule has 4 heteroatoms. The topological polar surface area (TPSA) is 68.0 Å². The quantitative estimate of drug-likeness (QED) is 0.729. The van der Waals surface area contributed by atoms with Crippen molar-refractivity contribution in [2.24, 2.45) is 5.73 Å². The SMILES string of the molecule is CC(N)CC(=O)NCc1cccnc1. The molecule has 0 bridgehead atoms. The lowest BCUT2D eigenvalue weighted by Crippen LogP contribution is -2.29. The molecule has 3 N–H and O–H groups in total. The molecule has 0 aliphatic heterocycles. The van der Waals surface area contributed by atoms with E-state index in [4.69, 9.17) is 5.73 Å². The predicted octanol–water partition coefficient (Wildman–Crippen LogP) is 0.435. The van der Waals surface area contributed by atoms with Crippen LogP contribution in [0, 0.1) is 0 Å². The third-order valence-corrected chi connectivity index (χ3v) is 1.72. The van der Waals surface area contributed by atoms with Crippen LogP contribution in [0.25, 0.3) is 0 Å². The Hall–Kier alpha value is -1.42. The Balaban J connectivity index is 2.31. The Kier molecular flexibility index (Phi) is 4.07. The zero-order valence-electron chi connectivity index (χ0n) is 8.23. The minimum atomic E-state index is -0.0936. The first-order chi connectivity index (χ1) is 6.68. The van der Waals surface area contributed by atoms with E-state index in [0.29, 0.717) is 13.0 Å². The van der Waals surface area contributed by atoms with Gasteiger partial charge in [0.1, 0.15) is 0 Å². The number of hydrogen-bond donors (Lipinski definition) is 2. The van der Waals surface area contributed by atoms with Gasteiger partial charge in [-0.05, 0) is 18.6 Å². The van der Waals surface area contributed by atoms with Crippen LogP contribution in [0.15, 0.2) is 24.5 Å². The summed E-state index contributed by atoms with van der Waals surface area (Å²) in [6, 6.07) is 3.66. The first kappa shape index (κ1) is 10.7. The zero-order chi connectivity index (χ0) is 10.4. The van der Waals surface area contributed by atoms with E-state index in [-0.39, 0.29) is 11.9 Å². The zero-order valence-corrected chi connectivity index (χ0v) is 8.23. The molecule has 0 radical (unpaired) electrons. The largest absolute Gasteiger partial charge is 0.352 e. The van der Waals surface area contributed by atoms with E-state index in [1.807, 2.05) is 19.1 Å². The number of pyridine rings is 1. The standard InChI is InChI=1S/C10H15N3O/c1-8(11)5-10(14)13-7-9-3-2-4-12-6-9/h2-4,6,8H,5,7,11H2,1H3,(H,13,14). The third-order valence-electron chi connectivity index (χ3n) is 1.72. The number of nitrogens with zero attached hydrogens (tertiary/aromatic N) is 1. The van der Waals surface area contributed by atoms with Gasteiger partial charge in [0.2, 0.25) is 5.91 Å². The van der Waals surface area contributed by atoms with Crippen LogP contribution in [0.2, 0.25) is 0 Å². The molecule has 1 atom stereocenters. The molecule has 0 spiro atoms. The van der Waals surface area contributed by atoms with Crippen LogP contribution < -0.4 is 11.1 Å². The molecule has 1 rings (SSSR count). The highest BCUT2D eigenvalue weighted by molar-refractivity contribution is 5.76. The Bertz CT molecular complexity index is 285. The molecule has 1 aromatic heterocycles. The van der Waals surface area contributed by atoms with Gasteiger partial charge in [-0.2, -0.15) is 0 Å². The number of nitrogens with one attached hydrogen (secondary N) is 1. The van der Waals surface area contributed by atoms with E-state index in [0.717, 1.165) is 5.56 Å². The van der Waals surface area contributed by atoms with E-state index in [1.165, 1.54) is 0 Å². The molecule has 1 unspecified atom stereocenters. The van der Waals surface area contributed by atoms with Gasteiger partial charge in [-0.15, -0.1) is 0 Å². The number of hydrogen-bond acceptors (Lipinski definition) is 3. The molecule has 0 aliphatic carbocycles. The number of carbonyl (C=O) groups is 1. The molecule has 76 valence electrons. The van der Waals surface area contributed by atoms with E-state index in [9.17, 15) is 4.79 Å². The lowest BCUT2D eigenvalue weighted by Gasteiger charge is -2.06. The summed E-state index contributed by atoms with van der Waals surface area (Å²) in [4.78, 5) is 15.2. The fourth-order valence-electron chi connectivity index (χ4n) is 1.07. The highest BCUT2D eigenvalue weighted by Crippen LogP contribution is 1.95. The summed E-state index contributed by atoms with van der Waals surface area (Å²) in [6.45, 7) is 2.32. The number of rotatable bonds is 4. The first-order valence-corrected chi connectivity index (χ1v) is 4.59. The minimum absolute atomic E-state index is 0.0242. The molecule has 0 saturated carbocycles. The lowest BCUT2D eigenvalue weighted by molar-refractivity contribution is -0.121. The van der Waals surface area contributed by atoms with Gasteiger partial charge in [0, 0.05) is 31.4 Å². The molecule has 4 nitrogen and oxygen atoms in total. The smallest absolute Gasteiger partial charge is 0.221 e. The van der Waals surface area contributed by atoms with E-state index in [2.05, 4.69) is 10.3 Å². The Morgan fingerprint density at radius 3 is 3.07 bits per heavy atom. The van der Waals surface area contributed by atoms with Crippen molar-refractivity contribution < 1.29 is 4.79 Å². The van der Waals surface area contributed by atoms with Gasteiger partial charge < -0.3 is 11.1 Å². The lowest BCUT2D eigenvalue weighted by atomic mass is 10.2. The van der Waals surface area contributed by atoms with Crippen LogP contribution in [0.4, 0.5) is 0 Å². The maximum atomic E-state index is 11.2. The van der Waals surface area contributed by atoms with Gasteiger partial charge in [0.25, 0.3) is 0 Å². The molecule has 0 aromatic carbocycles.